The molecule has 1 aromatic carbocycles. The lowest BCUT2D eigenvalue weighted by Crippen LogP contribution is -2.20. The molecule has 0 amide bonds. The number of aryl methyl sites for hydroxylation is 1. The number of aromatic nitrogens is 2. The third-order valence-electron chi connectivity index (χ3n) is 2.97. The summed E-state index contributed by atoms with van der Waals surface area (Å²) in [5.41, 5.74) is 8.25. The molecule has 1 aromatic heterocycles. The van der Waals surface area contributed by atoms with Crippen LogP contribution in [0.4, 0.5) is 5.82 Å². The van der Waals surface area contributed by atoms with Gasteiger partial charge in [-0.1, -0.05) is 24.3 Å². The summed E-state index contributed by atoms with van der Waals surface area (Å²) < 4.78 is 0. The average Bonchev–Trinajstić information content (AvgIpc) is 2.41. The Kier molecular flexibility index (Phi) is 3.75. The van der Waals surface area contributed by atoms with E-state index in [0.717, 1.165) is 12.4 Å². The molecule has 0 bridgehead atoms. The Bertz CT molecular complexity index is 577. The predicted octanol–water partition coefficient (Wildman–Crippen LogP) is 1.71. The number of nitrogens with zero attached hydrogens (tertiary/aromatic N) is 3. The topological polar surface area (TPSA) is 78.9 Å². The number of rotatable bonds is 4. The average molecular weight is 255 g/mol. The minimum atomic E-state index is -0.0689. The number of nitrogens with one attached hydrogen (secondary N) is 1. The van der Waals surface area contributed by atoms with E-state index in [1.807, 2.05) is 24.1 Å². The van der Waals surface area contributed by atoms with Crippen molar-refractivity contribution in [2.75, 3.05) is 11.9 Å². The normalized spacial score (nSPS) is 10.2. The van der Waals surface area contributed by atoms with Crippen LogP contribution in [0.3, 0.4) is 0 Å². The molecule has 0 aliphatic rings. The maximum absolute atomic E-state index is 7.28. The molecule has 1 heterocycles. The van der Waals surface area contributed by atoms with Crippen LogP contribution in [-0.2, 0) is 6.54 Å². The molecule has 5 heteroatoms. The highest BCUT2D eigenvalue weighted by Crippen LogP contribution is 2.14. The summed E-state index contributed by atoms with van der Waals surface area (Å²) in [6, 6.07) is 8.25. The molecule has 0 unspecified atom stereocenters. The molecule has 2 aromatic rings. The van der Waals surface area contributed by atoms with Gasteiger partial charge in [0, 0.05) is 13.6 Å². The van der Waals surface area contributed by atoms with E-state index in [4.69, 9.17) is 11.1 Å². The van der Waals surface area contributed by atoms with Gasteiger partial charge in [0.1, 0.15) is 17.3 Å². The molecule has 98 valence electrons. The second kappa shape index (κ2) is 5.48. The Morgan fingerprint density at radius 3 is 2.58 bits per heavy atom. The van der Waals surface area contributed by atoms with Crippen molar-refractivity contribution in [3.8, 4) is 0 Å². The first kappa shape index (κ1) is 13.0. The van der Waals surface area contributed by atoms with Crippen LogP contribution in [-0.4, -0.2) is 22.9 Å². The van der Waals surface area contributed by atoms with Crippen molar-refractivity contribution in [1.82, 2.24) is 9.97 Å². The van der Waals surface area contributed by atoms with E-state index >= 15 is 0 Å². The first-order valence-corrected chi connectivity index (χ1v) is 6.00. The van der Waals surface area contributed by atoms with E-state index in [2.05, 4.69) is 29.0 Å². The molecule has 0 atom stereocenters. The zero-order valence-electron chi connectivity index (χ0n) is 11.1. The molecule has 0 aliphatic carbocycles. The quantitative estimate of drug-likeness (QED) is 0.644. The molecule has 0 spiro atoms. The second-order valence-electron chi connectivity index (χ2n) is 4.46. The van der Waals surface area contributed by atoms with Crippen molar-refractivity contribution in [3.05, 3.63) is 53.5 Å². The zero-order valence-corrected chi connectivity index (χ0v) is 11.1. The molecular weight excluding hydrogens is 238 g/mol. The Morgan fingerprint density at radius 1 is 1.26 bits per heavy atom. The molecule has 2 rings (SSSR count). The fraction of sp³-hybridized carbons (Fsp3) is 0.214. The van der Waals surface area contributed by atoms with Crippen molar-refractivity contribution in [1.29, 1.82) is 5.41 Å². The molecule has 0 saturated heterocycles. The summed E-state index contributed by atoms with van der Waals surface area (Å²) in [5.74, 6) is 0.689. The van der Waals surface area contributed by atoms with Gasteiger partial charge in [-0.05, 0) is 18.1 Å². The fourth-order valence-corrected chi connectivity index (χ4v) is 1.78. The van der Waals surface area contributed by atoms with Crippen LogP contribution in [0.2, 0.25) is 0 Å². The van der Waals surface area contributed by atoms with Gasteiger partial charge in [0.15, 0.2) is 0 Å². The Morgan fingerprint density at radius 2 is 2.00 bits per heavy atom. The third-order valence-corrected chi connectivity index (χ3v) is 2.97. The largest absolute Gasteiger partial charge is 0.382 e. The summed E-state index contributed by atoms with van der Waals surface area (Å²) in [5, 5.41) is 7.28. The van der Waals surface area contributed by atoms with Crippen molar-refractivity contribution in [3.63, 3.8) is 0 Å². The monoisotopic (exact) mass is 255 g/mol. The Balaban J connectivity index is 2.14. The van der Waals surface area contributed by atoms with E-state index < -0.39 is 0 Å². The van der Waals surface area contributed by atoms with Crippen molar-refractivity contribution >= 4 is 11.7 Å². The van der Waals surface area contributed by atoms with Gasteiger partial charge in [0.05, 0.1) is 12.4 Å². The number of nitrogens with two attached hydrogens (primary N) is 1. The maximum Gasteiger partial charge on any atom is 0.147 e. The lowest BCUT2D eigenvalue weighted by Gasteiger charge is -2.19. The van der Waals surface area contributed by atoms with Crippen LogP contribution in [0.5, 0.6) is 0 Å². The van der Waals surface area contributed by atoms with Crippen LogP contribution in [0.15, 0.2) is 36.7 Å². The number of hydrogen-bond acceptors (Lipinski definition) is 4. The van der Waals surface area contributed by atoms with Crippen LogP contribution in [0, 0.1) is 12.3 Å². The smallest absolute Gasteiger partial charge is 0.147 e. The van der Waals surface area contributed by atoms with E-state index in [1.165, 1.54) is 17.3 Å². The highest BCUT2D eigenvalue weighted by molar-refractivity contribution is 5.92. The number of hydrogen-bond donors (Lipinski definition) is 2. The van der Waals surface area contributed by atoms with Crippen LogP contribution in [0.1, 0.15) is 16.8 Å². The number of amidine groups is 1. The summed E-state index contributed by atoms with van der Waals surface area (Å²) in [6.45, 7) is 2.86. The maximum atomic E-state index is 7.28. The lowest BCUT2D eigenvalue weighted by molar-refractivity contribution is 0.882. The van der Waals surface area contributed by atoms with Crippen molar-refractivity contribution < 1.29 is 0 Å². The first-order chi connectivity index (χ1) is 9.08. The second-order valence-corrected chi connectivity index (χ2v) is 4.46. The van der Waals surface area contributed by atoms with Gasteiger partial charge in [0.25, 0.3) is 0 Å². The van der Waals surface area contributed by atoms with E-state index in [-0.39, 0.29) is 5.84 Å². The predicted molar refractivity (Wildman–Crippen MR) is 76.3 cm³/mol. The molecular formula is C14H17N5. The Hall–Kier alpha value is -2.43. The van der Waals surface area contributed by atoms with Gasteiger partial charge in [-0.15, -0.1) is 0 Å². The van der Waals surface area contributed by atoms with E-state index in [9.17, 15) is 0 Å². The molecule has 0 radical (unpaired) electrons. The molecule has 5 nitrogen and oxygen atoms in total. The van der Waals surface area contributed by atoms with Crippen LogP contribution >= 0.6 is 0 Å². The van der Waals surface area contributed by atoms with E-state index in [1.54, 1.807) is 6.20 Å². The minimum absolute atomic E-state index is 0.0689. The van der Waals surface area contributed by atoms with Gasteiger partial charge in [-0.3, -0.25) is 5.41 Å². The highest BCUT2D eigenvalue weighted by atomic mass is 15.2. The molecule has 19 heavy (non-hydrogen) atoms. The summed E-state index contributed by atoms with van der Waals surface area (Å²) in [7, 11) is 1.96. The molecule has 0 aliphatic heterocycles. The third kappa shape index (κ3) is 3.07. The van der Waals surface area contributed by atoms with E-state index in [0.29, 0.717) is 5.69 Å². The summed E-state index contributed by atoms with van der Waals surface area (Å²) >= 11 is 0. The molecule has 0 fully saturated rings. The lowest BCUT2D eigenvalue weighted by atomic mass is 10.1. The standard InChI is InChI=1S/C14H17N5/c1-10-5-3-4-6-11(10)9-19(2)13-8-17-12(7-18-13)14(15)16/h3-8H,9H2,1-2H3,(H3,15,16). The number of nitrogen functional groups attached to an aromatic ring is 1. The van der Waals surface area contributed by atoms with Gasteiger partial charge < -0.3 is 10.6 Å². The SMILES string of the molecule is Cc1ccccc1CN(C)c1cnc(C(=N)N)cn1. The zero-order chi connectivity index (χ0) is 13.8. The molecule has 0 saturated carbocycles. The number of benzene rings is 1. The highest BCUT2D eigenvalue weighted by Gasteiger charge is 2.06. The Labute approximate surface area is 112 Å². The van der Waals surface area contributed by atoms with Gasteiger partial charge in [-0.2, -0.15) is 0 Å². The fourth-order valence-electron chi connectivity index (χ4n) is 1.78. The van der Waals surface area contributed by atoms with Crippen LogP contribution < -0.4 is 10.6 Å². The van der Waals surface area contributed by atoms with Crippen molar-refractivity contribution in [2.24, 2.45) is 5.73 Å². The molecule has 3 N–H and O–H groups in total. The number of anilines is 1. The first-order valence-electron chi connectivity index (χ1n) is 6.00. The summed E-state index contributed by atoms with van der Waals surface area (Å²) in [6.07, 6.45) is 3.15. The van der Waals surface area contributed by atoms with Gasteiger partial charge >= 0.3 is 0 Å². The van der Waals surface area contributed by atoms with Crippen molar-refractivity contribution in [2.45, 2.75) is 13.5 Å². The van der Waals surface area contributed by atoms with Crippen LogP contribution in [0.25, 0.3) is 0 Å². The van der Waals surface area contributed by atoms with Gasteiger partial charge in [-0.25, -0.2) is 9.97 Å². The summed E-state index contributed by atoms with van der Waals surface area (Å²) in [4.78, 5) is 10.4. The van der Waals surface area contributed by atoms with Gasteiger partial charge in [0.2, 0.25) is 0 Å². The minimum Gasteiger partial charge on any atom is -0.382 e.